The highest BCUT2D eigenvalue weighted by atomic mass is 16.7. The van der Waals surface area contributed by atoms with Gasteiger partial charge in [-0.1, -0.05) is 18.2 Å². The quantitative estimate of drug-likeness (QED) is 0.0678. The van der Waals surface area contributed by atoms with Crippen LogP contribution in [0.25, 0.3) is 21.8 Å². The number of ketones is 1. The number of hydrogen-bond acceptors (Lipinski definition) is 11. The topological polar surface area (TPSA) is 201 Å². The van der Waals surface area contributed by atoms with Crippen molar-refractivity contribution >= 4 is 51.2 Å². The van der Waals surface area contributed by atoms with Gasteiger partial charge in [-0.2, -0.15) is 0 Å². The summed E-state index contributed by atoms with van der Waals surface area (Å²) in [4.78, 5) is 54.6. The van der Waals surface area contributed by atoms with Crippen LogP contribution in [0.15, 0.2) is 84.9 Å². The van der Waals surface area contributed by atoms with Crippen molar-refractivity contribution in [1.29, 1.82) is 0 Å². The van der Waals surface area contributed by atoms with Gasteiger partial charge in [-0.15, -0.1) is 0 Å². The lowest BCUT2D eigenvalue weighted by Crippen LogP contribution is -2.22. The summed E-state index contributed by atoms with van der Waals surface area (Å²) in [6, 6.07) is 26.7. The van der Waals surface area contributed by atoms with Crippen LogP contribution in [0.5, 0.6) is 23.0 Å². The summed E-state index contributed by atoms with van der Waals surface area (Å²) in [5, 5.41) is 11.1. The molecule has 2 aromatic heterocycles. The van der Waals surface area contributed by atoms with Gasteiger partial charge in [0, 0.05) is 39.9 Å². The van der Waals surface area contributed by atoms with Crippen LogP contribution in [0.2, 0.25) is 0 Å². The van der Waals surface area contributed by atoms with E-state index in [0.29, 0.717) is 55.4 Å². The molecule has 2 fully saturated rings. The third-order valence-corrected chi connectivity index (χ3v) is 12.2. The van der Waals surface area contributed by atoms with E-state index in [1.807, 2.05) is 86.6 Å². The van der Waals surface area contributed by atoms with Crippen LogP contribution >= 0.6 is 0 Å². The number of fused-ring (bicyclic) bond motifs is 4. The number of H-pyrrole nitrogens is 2. The largest absolute Gasteiger partial charge is 0.481 e. The summed E-state index contributed by atoms with van der Waals surface area (Å²) in [5.74, 6) is 1.16. The Kier molecular flexibility index (Phi) is 11.8. The number of benzene rings is 4. The number of ether oxygens (including phenoxy) is 6. The maximum atomic E-state index is 13.3. The van der Waals surface area contributed by atoms with Gasteiger partial charge in [-0.25, -0.2) is 0 Å². The molecule has 4 heterocycles. The van der Waals surface area contributed by atoms with E-state index in [4.69, 9.17) is 39.3 Å². The second-order valence-corrected chi connectivity index (χ2v) is 16.4. The number of nitrogen functional groups attached to an aromatic ring is 1. The fraction of sp³-hybridized carbons (Fsp3) is 0.347. The Hall–Kier alpha value is -6.96. The first kappa shape index (κ1) is 42.7. The van der Waals surface area contributed by atoms with Gasteiger partial charge in [-0.05, 0) is 142 Å². The molecule has 6 aromatic rings. The van der Waals surface area contributed by atoms with E-state index in [9.17, 15) is 19.2 Å². The first-order valence-electron chi connectivity index (χ1n) is 21.2. The number of nitrogens with two attached hydrogens (primary N) is 1. The summed E-state index contributed by atoms with van der Waals surface area (Å²) in [6.45, 7) is 8.47. The molecule has 2 saturated carbocycles. The SMILES string of the molecule is CCOC(=O)C(C)c1cc2cc(CC(=O)C3(c4ccc5c(c4)OCO5)CC3)ccc2[nH]1.CCOC(=O)C(C)c1cc2cc(N)ccc2[nH]1.O=C(O)C1(c2ccc3c(c2)OCO3)CC1. The molecule has 2 aliphatic carbocycles. The molecule has 328 valence electrons. The smallest absolute Gasteiger partial charge is 0.314 e. The number of aromatic amines is 2. The van der Waals surface area contributed by atoms with Gasteiger partial charge >= 0.3 is 17.9 Å². The Morgan fingerprint density at radius 1 is 0.635 bits per heavy atom. The summed E-state index contributed by atoms with van der Waals surface area (Å²) in [7, 11) is 0. The molecule has 2 atom stereocenters. The standard InChI is InChI=1S/C25H25NO5.C13H16N2O2.C11H10O4/c1-3-29-24(28)15(2)20-12-17-10-16(4-6-19(17)26-20)11-23(27)25(8-9-25)18-5-7-21-22(13-18)31-14-30-21;1-3-17-13(16)8(2)12-7-9-6-10(14)4-5-11(9)15-12;12-10(13)11(3-4-11)7-1-2-8-9(5-7)15-6-14-8/h4-7,10,12-13,15,26H,3,8-9,11,14H2,1-2H3;4-8,15H,3,14H2,1-2H3;1-2,5H,3-4,6H2,(H,12,13). The number of carbonyl (C=O) groups excluding carboxylic acids is 3. The molecule has 0 bridgehead atoms. The van der Waals surface area contributed by atoms with Gasteiger partial charge in [0.1, 0.15) is 5.78 Å². The normalized spacial score (nSPS) is 16.4. The average molecular weight is 858 g/mol. The van der Waals surface area contributed by atoms with Gasteiger partial charge in [0.15, 0.2) is 23.0 Å². The highest BCUT2D eigenvalue weighted by Gasteiger charge is 2.52. The summed E-state index contributed by atoms with van der Waals surface area (Å²) in [5.41, 5.74) is 11.7. The minimum Gasteiger partial charge on any atom is -0.481 e. The molecule has 14 nitrogen and oxygen atoms in total. The highest BCUT2D eigenvalue weighted by Crippen LogP contribution is 2.52. The average Bonchev–Trinajstić information content (AvgIpc) is 3.99. The minimum absolute atomic E-state index is 0.216. The number of aromatic nitrogens is 2. The molecule has 0 saturated heterocycles. The summed E-state index contributed by atoms with van der Waals surface area (Å²) < 4.78 is 31.4. The van der Waals surface area contributed by atoms with Crippen LogP contribution in [0, 0.1) is 0 Å². The van der Waals surface area contributed by atoms with Crippen molar-refractivity contribution in [3.8, 4) is 23.0 Å². The Labute approximate surface area is 363 Å². The molecule has 4 aromatic carbocycles. The predicted octanol–water partition coefficient (Wildman–Crippen LogP) is 8.35. The van der Waals surface area contributed by atoms with E-state index in [-0.39, 0.29) is 43.1 Å². The monoisotopic (exact) mass is 857 g/mol. The predicted molar refractivity (Wildman–Crippen MR) is 234 cm³/mol. The molecule has 0 amide bonds. The van der Waals surface area contributed by atoms with E-state index in [2.05, 4.69) is 9.97 Å². The van der Waals surface area contributed by atoms with E-state index >= 15 is 0 Å². The number of carbonyl (C=O) groups is 4. The molecule has 2 unspecified atom stereocenters. The molecule has 14 heteroatoms. The molecule has 4 aliphatic rings. The van der Waals surface area contributed by atoms with Gasteiger partial charge in [-0.3, -0.25) is 19.2 Å². The molecule has 63 heavy (non-hydrogen) atoms. The van der Waals surface area contributed by atoms with E-state index in [1.54, 1.807) is 26.0 Å². The minimum atomic E-state index is -0.749. The van der Waals surface area contributed by atoms with Gasteiger partial charge in [0.05, 0.1) is 35.9 Å². The van der Waals surface area contributed by atoms with Crippen LogP contribution < -0.4 is 24.7 Å². The van der Waals surface area contributed by atoms with Crippen LogP contribution in [0.4, 0.5) is 5.69 Å². The third kappa shape index (κ3) is 8.75. The Balaban J connectivity index is 0.000000143. The molecular weight excluding hydrogens is 807 g/mol. The lowest BCUT2D eigenvalue weighted by molar-refractivity contribution is -0.145. The second-order valence-electron chi connectivity index (χ2n) is 16.4. The van der Waals surface area contributed by atoms with Crippen molar-refractivity contribution in [2.24, 2.45) is 0 Å². The van der Waals surface area contributed by atoms with E-state index in [1.165, 1.54) is 0 Å². The number of rotatable bonds is 12. The van der Waals surface area contributed by atoms with Crippen LogP contribution in [0.1, 0.15) is 93.3 Å². The van der Waals surface area contributed by atoms with Gasteiger partial charge in [0.2, 0.25) is 13.6 Å². The first-order chi connectivity index (χ1) is 30.3. The number of nitrogens with one attached hydrogen (secondary N) is 2. The zero-order valence-corrected chi connectivity index (χ0v) is 35.7. The lowest BCUT2D eigenvalue weighted by Gasteiger charge is -2.15. The molecule has 0 spiro atoms. The van der Waals surface area contributed by atoms with E-state index in [0.717, 1.165) is 68.5 Å². The van der Waals surface area contributed by atoms with Crippen LogP contribution in [-0.2, 0) is 45.9 Å². The fourth-order valence-electron chi connectivity index (χ4n) is 8.09. The Morgan fingerprint density at radius 3 is 1.60 bits per heavy atom. The summed E-state index contributed by atoms with van der Waals surface area (Å²) >= 11 is 0. The fourth-order valence-corrected chi connectivity index (χ4v) is 8.09. The Bertz CT molecular complexity index is 2710. The molecule has 10 rings (SSSR count). The summed E-state index contributed by atoms with van der Waals surface area (Å²) in [6.07, 6.45) is 3.51. The molecular formula is C49H51N3O11. The van der Waals surface area contributed by atoms with Crippen molar-refractivity contribution in [3.63, 3.8) is 0 Å². The first-order valence-corrected chi connectivity index (χ1v) is 21.2. The zero-order chi connectivity index (χ0) is 44.5. The zero-order valence-electron chi connectivity index (χ0n) is 35.7. The number of carboxylic acids is 1. The van der Waals surface area contributed by atoms with E-state index < -0.39 is 16.8 Å². The highest BCUT2D eigenvalue weighted by molar-refractivity contribution is 5.96. The molecule has 5 N–H and O–H groups in total. The number of Topliss-reactive ketones (excluding diaryl/α,β-unsaturated/α-hetero) is 1. The van der Waals surface area contributed by atoms with Crippen molar-refractivity contribution in [2.75, 3.05) is 32.5 Å². The maximum absolute atomic E-state index is 13.3. The number of anilines is 1. The van der Waals surface area contributed by atoms with Gasteiger partial charge < -0.3 is 49.2 Å². The van der Waals surface area contributed by atoms with Gasteiger partial charge in [0.25, 0.3) is 0 Å². The van der Waals surface area contributed by atoms with Crippen molar-refractivity contribution < 1.29 is 52.7 Å². The third-order valence-electron chi connectivity index (χ3n) is 12.2. The van der Waals surface area contributed by atoms with Crippen LogP contribution in [0.3, 0.4) is 0 Å². The van der Waals surface area contributed by atoms with Crippen molar-refractivity contribution in [3.05, 3.63) is 113 Å². The van der Waals surface area contributed by atoms with Crippen molar-refractivity contribution in [2.45, 2.75) is 82.5 Å². The molecule has 2 aliphatic heterocycles. The maximum Gasteiger partial charge on any atom is 0.314 e. The number of esters is 2. The lowest BCUT2D eigenvalue weighted by atomic mass is 9.87. The number of carboxylic acid groups (broad SMARTS) is 1. The van der Waals surface area contributed by atoms with Crippen LogP contribution in [-0.4, -0.2) is 65.6 Å². The number of hydrogen-bond donors (Lipinski definition) is 4. The Morgan fingerprint density at radius 2 is 1.11 bits per heavy atom. The second kappa shape index (κ2) is 17.4. The number of aliphatic carboxylic acids is 1. The molecule has 0 radical (unpaired) electrons. The van der Waals surface area contributed by atoms with Crippen molar-refractivity contribution in [1.82, 2.24) is 9.97 Å².